The molecule has 1 aliphatic carbocycles. The Balaban J connectivity index is 1.95. The van der Waals surface area contributed by atoms with E-state index in [-0.39, 0.29) is 22.7 Å². The van der Waals surface area contributed by atoms with E-state index >= 15 is 0 Å². The molecule has 21 heavy (non-hydrogen) atoms. The molecular weight excluding hydrogens is 292 g/mol. The number of nitrogens with zero attached hydrogens (tertiary/aromatic N) is 2. The third-order valence-corrected chi connectivity index (χ3v) is 4.90. The van der Waals surface area contributed by atoms with E-state index in [0.717, 1.165) is 25.7 Å². The van der Waals surface area contributed by atoms with Crippen LogP contribution >= 0.6 is 11.6 Å². The van der Waals surface area contributed by atoms with Crippen LogP contribution in [0.3, 0.4) is 0 Å². The van der Waals surface area contributed by atoms with Gasteiger partial charge in [-0.2, -0.15) is 0 Å². The highest BCUT2D eigenvalue weighted by Gasteiger charge is 2.47. The molecule has 1 aliphatic heterocycles. The average molecular weight is 309 g/mol. The van der Waals surface area contributed by atoms with Gasteiger partial charge >= 0.3 is 5.97 Å². The summed E-state index contributed by atoms with van der Waals surface area (Å²) in [6, 6.07) is 2.52. The number of fused-ring (bicyclic) bond motifs is 1. The standard InChI is InChI=1S/C15H17ClN2O3/c16-13-10(5-3-7-17-13)14(19)18-11-6-2-1-4-9(11)8-12(18)15(20)21/h3,5,7,9,11-12H,1-2,4,6,8H2,(H,20,21)/t9-,11-,12-/m0/s1. The lowest BCUT2D eigenvalue weighted by Gasteiger charge is -2.33. The average Bonchev–Trinajstić information content (AvgIpc) is 2.86. The molecule has 1 amide bonds. The van der Waals surface area contributed by atoms with Gasteiger partial charge in [0.1, 0.15) is 11.2 Å². The quantitative estimate of drug-likeness (QED) is 0.853. The first-order valence-corrected chi connectivity index (χ1v) is 7.63. The van der Waals surface area contributed by atoms with Gasteiger partial charge in [-0.1, -0.05) is 24.4 Å². The topological polar surface area (TPSA) is 70.5 Å². The summed E-state index contributed by atoms with van der Waals surface area (Å²) < 4.78 is 0. The molecule has 0 unspecified atom stereocenters. The van der Waals surface area contributed by atoms with Crippen LogP contribution in [-0.4, -0.2) is 39.0 Å². The maximum atomic E-state index is 12.8. The number of aromatic nitrogens is 1. The number of hydrogen-bond donors (Lipinski definition) is 1. The fourth-order valence-electron chi connectivity index (χ4n) is 3.66. The van der Waals surface area contributed by atoms with E-state index < -0.39 is 12.0 Å². The number of carbonyl (C=O) groups is 2. The number of pyridine rings is 1. The van der Waals surface area contributed by atoms with Crippen molar-refractivity contribution in [3.63, 3.8) is 0 Å². The lowest BCUT2D eigenvalue weighted by molar-refractivity contribution is -0.141. The third kappa shape index (κ3) is 2.50. The minimum absolute atomic E-state index is 0.0172. The van der Waals surface area contributed by atoms with Crippen LogP contribution in [0, 0.1) is 5.92 Å². The summed E-state index contributed by atoms with van der Waals surface area (Å²) in [4.78, 5) is 29.8. The van der Waals surface area contributed by atoms with Crippen LogP contribution in [0.4, 0.5) is 0 Å². The van der Waals surface area contributed by atoms with Gasteiger partial charge in [-0.15, -0.1) is 0 Å². The number of carboxylic acids is 1. The molecule has 5 nitrogen and oxygen atoms in total. The van der Waals surface area contributed by atoms with E-state index in [1.165, 1.54) is 11.1 Å². The van der Waals surface area contributed by atoms with Gasteiger partial charge in [0.15, 0.2) is 0 Å². The highest BCUT2D eigenvalue weighted by molar-refractivity contribution is 6.32. The summed E-state index contributed by atoms with van der Waals surface area (Å²) >= 11 is 5.99. The molecule has 3 rings (SSSR count). The van der Waals surface area contributed by atoms with Crippen molar-refractivity contribution in [2.24, 2.45) is 5.92 Å². The van der Waals surface area contributed by atoms with Crippen LogP contribution in [0.5, 0.6) is 0 Å². The zero-order valence-electron chi connectivity index (χ0n) is 11.5. The second-order valence-electron chi connectivity index (χ2n) is 5.76. The minimum atomic E-state index is -0.933. The normalized spacial score (nSPS) is 28.2. The number of carboxylic acid groups (broad SMARTS) is 1. The zero-order valence-corrected chi connectivity index (χ0v) is 12.3. The Morgan fingerprint density at radius 1 is 1.33 bits per heavy atom. The predicted octanol–water partition coefficient (Wildman–Crippen LogP) is 2.59. The molecule has 112 valence electrons. The van der Waals surface area contributed by atoms with Crippen molar-refractivity contribution in [3.8, 4) is 0 Å². The summed E-state index contributed by atoms with van der Waals surface area (Å²) in [5, 5.41) is 9.58. The Kier molecular flexibility index (Phi) is 3.85. The third-order valence-electron chi connectivity index (χ3n) is 4.60. The van der Waals surface area contributed by atoms with E-state index in [4.69, 9.17) is 11.6 Å². The van der Waals surface area contributed by atoms with Gasteiger partial charge in [0.2, 0.25) is 0 Å². The van der Waals surface area contributed by atoms with Crippen LogP contribution in [0.25, 0.3) is 0 Å². The van der Waals surface area contributed by atoms with E-state index in [2.05, 4.69) is 4.98 Å². The van der Waals surface area contributed by atoms with Crippen LogP contribution in [0.2, 0.25) is 5.15 Å². The van der Waals surface area contributed by atoms with E-state index in [9.17, 15) is 14.7 Å². The molecule has 1 saturated heterocycles. The van der Waals surface area contributed by atoms with E-state index in [0.29, 0.717) is 12.3 Å². The van der Waals surface area contributed by atoms with Gasteiger partial charge in [-0.25, -0.2) is 9.78 Å². The minimum Gasteiger partial charge on any atom is -0.480 e. The molecule has 0 radical (unpaired) electrons. The summed E-state index contributed by atoms with van der Waals surface area (Å²) in [7, 11) is 0. The molecule has 0 spiro atoms. The number of halogens is 1. The molecule has 2 fully saturated rings. The van der Waals surface area contributed by atoms with Gasteiger partial charge in [-0.05, 0) is 37.3 Å². The molecule has 1 aromatic heterocycles. The van der Waals surface area contributed by atoms with Crippen molar-refractivity contribution in [1.82, 2.24) is 9.88 Å². The first kappa shape index (κ1) is 14.3. The highest BCUT2D eigenvalue weighted by Crippen LogP contribution is 2.40. The van der Waals surface area contributed by atoms with Crippen molar-refractivity contribution < 1.29 is 14.7 Å². The number of aliphatic carboxylic acids is 1. The first-order valence-electron chi connectivity index (χ1n) is 7.25. The van der Waals surface area contributed by atoms with Gasteiger partial charge < -0.3 is 10.0 Å². The summed E-state index contributed by atoms with van der Waals surface area (Å²) in [6.45, 7) is 0. The number of hydrogen-bond acceptors (Lipinski definition) is 3. The molecule has 3 atom stereocenters. The Morgan fingerprint density at radius 3 is 2.81 bits per heavy atom. The van der Waals surface area contributed by atoms with Crippen molar-refractivity contribution in [2.75, 3.05) is 0 Å². The van der Waals surface area contributed by atoms with E-state index in [1.54, 1.807) is 12.1 Å². The number of likely N-dealkylation sites (tertiary alicyclic amines) is 1. The number of carbonyl (C=O) groups excluding carboxylic acids is 1. The number of amides is 1. The van der Waals surface area contributed by atoms with Gasteiger partial charge in [0.05, 0.1) is 5.56 Å². The maximum Gasteiger partial charge on any atom is 0.326 e. The van der Waals surface area contributed by atoms with Crippen LogP contribution in [-0.2, 0) is 4.79 Å². The molecule has 2 aliphatic rings. The molecule has 0 aromatic carbocycles. The fraction of sp³-hybridized carbons (Fsp3) is 0.533. The predicted molar refractivity (Wildman–Crippen MR) is 77.2 cm³/mol. The van der Waals surface area contributed by atoms with Crippen molar-refractivity contribution >= 4 is 23.5 Å². The molecular formula is C15H17ClN2O3. The summed E-state index contributed by atoms with van der Waals surface area (Å²) in [5.74, 6) is -0.952. The van der Waals surface area contributed by atoms with Crippen LogP contribution in [0.1, 0.15) is 42.5 Å². The zero-order chi connectivity index (χ0) is 15.0. The van der Waals surface area contributed by atoms with Crippen molar-refractivity contribution in [3.05, 3.63) is 29.0 Å². The first-order chi connectivity index (χ1) is 10.1. The van der Waals surface area contributed by atoms with E-state index in [1.807, 2.05) is 0 Å². The second kappa shape index (κ2) is 5.64. The van der Waals surface area contributed by atoms with Gasteiger partial charge in [-0.3, -0.25) is 4.79 Å². The summed E-state index contributed by atoms with van der Waals surface area (Å²) in [6.07, 6.45) is 6.09. The lowest BCUT2D eigenvalue weighted by atomic mass is 9.84. The molecule has 1 saturated carbocycles. The Bertz CT molecular complexity index is 578. The number of rotatable bonds is 2. The molecule has 2 heterocycles. The molecule has 1 aromatic rings. The van der Waals surface area contributed by atoms with Crippen molar-refractivity contribution in [2.45, 2.75) is 44.2 Å². The van der Waals surface area contributed by atoms with Crippen molar-refractivity contribution in [1.29, 1.82) is 0 Å². The van der Waals surface area contributed by atoms with Gasteiger partial charge in [0.25, 0.3) is 5.91 Å². The lowest BCUT2D eigenvalue weighted by Crippen LogP contribution is -2.46. The Morgan fingerprint density at radius 2 is 2.10 bits per heavy atom. The second-order valence-corrected chi connectivity index (χ2v) is 6.11. The molecule has 6 heteroatoms. The summed E-state index contributed by atoms with van der Waals surface area (Å²) in [5.41, 5.74) is 0.289. The largest absolute Gasteiger partial charge is 0.480 e. The fourth-order valence-corrected chi connectivity index (χ4v) is 3.86. The molecule has 0 bridgehead atoms. The Labute approximate surface area is 127 Å². The Hall–Kier alpha value is -1.62. The monoisotopic (exact) mass is 308 g/mol. The highest BCUT2D eigenvalue weighted by atomic mass is 35.5. The molecule has 1 N–H and O–H groups in total. The van der Waals surface area contributed by atoms with Crippen LogP contribution < -0.4 is 0 Å². The smallest absolute Gasteiger partial charge is 0.326 e. The maximum absolute atomic E-state index is 12.8. The van der Waals surface area contributed by atoms with Gasteiger partial charge in [0, 0.05) is 12.2 Å². The SMILES string of the molecule is O=C(O)[C@@H]1C[C@@H]2CCCC[C@@H]2N1C(=O)c1cccnc1Cl. The van der Waals surface area contributed by atoms with Crippen LogP contribution in [0.15, 0.2) is 18.3 Å².